The average Bonchev–Trinajstić information content (AvgIpc) is 3.11. The van der Waals surface area contributed by atoms with Gasteiger partial charge in [-0.1, -0.05) is 48.5 Å². The van der Waals surface area contributed by atoms with Gasteiger partial charge in [-0.2, -0.15) is 5.10 Å². The van der Waals surface area contributed by atoms with Gasteiger partial charge in [0.15, 0.2) is 0 Å². The van der Waals surface area contributed by atoms with Crippen LogP contribution in [0, 0.1) is 0 Å². The Hall–Kier alpha value is -2.66. The molecule has 0 aromatic heterocycles. The van der Waals surface area contributed by atoms with E-state index in [0.29, 0.717) is 18.9 Å². The van der Waals surface area contributed by atoms with Gasteiger partial charge in [0.25, 0.3) is 5.91 Å². The summed E-state index contributed by atoms with van der Waals surface area (Å²) in [5.74, 6) is 0.802. The van der Waals surface area contributed by atoms with Crippen molar-refractivity contribution in [3.05, 3.63) is 65.7 Å². The number of rotatable bonds is 4. The van der Waals surface area contributed by atoms with Gasteiger partial charge in [-0.15, -0.1) is 0 Å². The molecule has 1 atom stereocenters. The molecule has 1 amide bonds. The number of phenolic OH excluding ortho intramolecular Hbond substituents is 1. The predicted octanol–water partition coefficient (Wildman–Crippen LogP) is 3.92. The summed E-state index contributed by atoms with van der Waals surface area (Å²) in [5, 5.41) is 16.3. The standard InChI is InChI=1S/C23H27N3O2/c1-17-15-21(20-9-5-6-10-22(20)27)26(24-17)23(28)16-25-13-11-19(12-14-25)18-7-3-2-4-8-18/h2-10,19,21,27H,11-16H2,1H3. The van der Waals surface area contributed by atoms with Crippen LogP contribution < -0.4 is 0 Å². The van der Waals surface area contributed by atoms with E-state index in [9.17, 15) is 9.90 Å². The lowest BCUT2D eigenvalue weighted by Crippen LogP contribution is -2.41. The van der Waals surface area contributed by atoms with Crippen LogP contribution in [0.4, 0.5) is 0 Å². The molecule has 0 saturated carbocycles. The molecule has 1 N–H and O–H groups in total. The first-order valence-electron chi connectivity index (χ1n) is 10.0. The minimum Gasteiger partial charge on any atom is -0.508 e. The Morgan fingerprint density at radius 3 is 2.46 bits per heavy atom. The number of phenols is 1. The molecule has 5 nitrogen and oxygen atoms in total. The third-order valence-electron chi connectivity index (χ3n) is 5.83. The quantitative estimate of drug-likeness (QED) is 0.879. The summed E-state index contributed by atoms with van der Waals surface area (Å²) in [7, 11) is 0. The number of aromatic hydroxyl groups is 1. The van der Waals surface area contributed by atoms with Crippen LogP contribution in [0.25, 0.3) is 0 Å². The number of likely N-dealkylation sites (tertiary alicyclic amines) is 1. The number of hydrogen-bond acceptors (Lipinski definition) is 4. The van der Waals surface area contributed by atoms with Gasteiger partial charge >= 0.3 is 0 Å². The Kier molecular flexibility index (Phi) is 5.44. The molecule has 0 bridgehead atoms. The highest BCUT2D eigenvalue weighted by Gasteiger charge is 2.33. The number of carbonyl (C=O) groups is 1. The Labute approximate surface area is 166 Å². The second-order valence-electron chi connectivity index (χ2n) is 7.81. The van der Waals surface area contributed by atoms with Gasteiger partial charge in [0, 0.05) is 17.7 Å². The summed E-state index contributed by atoms with van der Waals surface area (Å²) in [6.45, 7) is 4.15. The van der Waals surface area contributed by atoms with E-state index in [2.05, 4.69) is 40.3 Å². The molecule has 0 radical (unpaired) electrons. The van der Waals surface area contributed by atoms with Crippen LogP contribution >= 0.6 is 0 Å². The van der Waals surface area contributed by atoms with Crippen molar-refractivity contribution in [3.63, 3.8) is 0 Å². The zero-order chi connectivity index (χ0) is 19.5. The molecular weight excluding hydrogens is 350 g/mol. The summed E-state index contributed by atoms with van der Waals surface area (Å²) in [6, 6.07) is 17.7. The Bertz CT molecular complexity index is 857. The van der Waals surface area contributed by atoms with Crippen molar-refractivity contribution in [2.24, 2.45) is 5.10 Å². The first kappa shape index (κ1) is 18.7. The van der Waals surface area contributed by atoms with Crippen molar-refractivity contribution in [1.82, 2.24) is 9.91 Å². The predicted molar refractivity (Wildman–Crippen MR) is 110 cm³/mol. The molecule has 28 heavy (non-hydrogen) atoms. The number of nitrogens with zero attached hydrogens (tertiary/aromatic N) is 3. The normalized spacial score (nSPS) is 21.0. The Morgan fingerprint density at radius 2 is 1.75 bits per heavy atom. The van der Waals surface area contributed by atoms with Crippen LogP contribution in [0.1, 0.15) is 49.3 Å². The van der Waals surface area contributed by atoms with Crippen LogP contribution in [0.2, 0.25) is 0 Å². The maximum absolute atomic E-state index is 13.0. The average molecular weight is 377 g/mol. The number of carbonyl (C=O) groups excluding carboxylic acids is 1. The van der Waals surface area contributed by atoms with Crippen molar-refractivity contribution in [2.45, 2.75) is 38.1 Å². The van der Waals surface area contributed by atoms with Crippen molar-refractivity contribution < 1.29 is 9.90 Å². The van der Waals surface area contributed by atoms with E-state index in [0.717, 1.165) is 37.2 Å². The number of hydrogen-bond donors (Lipinski definition) is 1. The third kappa shape index (κ3) is 3.94. The monoisotopic (exact) mass is 377 g/mol. The number of piperidine rings is 1. The zero-order valence-electron chi connectivity index (χ0n) is 16.3. The molecule has 2 aromatic carbocycles. The Balaban J connectivity index is 1.39. The lowest BCUT2D eigenvalue weighted by molar-refractivity contribution is -0.134. The minimum absolute atomic E-state index is 0.00302. The van der Waals surface area contributed by atoms with Gasteiger partial charge in [-0.3, -0.25) is 9.69 Å². The van der Waals surface area contributed by atoms with E-state index in [1.165, 1.54) is 5.56 Å². The van der Waals surface area contributed by atoms with Crippen LogP contribution in [0.3, 0.4) is 0 Å². The van der Waals surface area contributed by atoms with Crippen molar-refractivity contribution in [1.29, 1.82) is 0 Å². The smallest absolute Gasteiger partial charge is 0.257 e. The molecule has 2 aliphatic rings. The van der Waals surface area contributed by atoms with Gasteiger partial charge < -0.3 is 5.11 Å². The lowest BCUT2D eigenvalue weighted by Gasteiger charge is -2.33. The zero-order valence-corrected chi connectivity index (χ0v) is 16.3. The van der Waals surface area contributed by atoms with Gasteiger partial charge in [0.2, 0.25) is 0 Å². The fourth-order valence-corrected chi connectivity index (χ4v) is 4.31. The molecule has 2 aromatic rings. The second kappa shape index (κ2) is 8.15. The van der Waals surface area contributed by atoms with Crippen molar-refractivity contribution in [2.75, 3.05) is 19.6 Å². The maximum atomic E-state index is 13.0. The maximum Gasteiger partial charge on any atom is 0.257 e. The van der Waals surface area contributed by atoms with Gasteiger partial charge in [0.1, 0.15) is 5.75 Å². The third-order valence-corrected chi connectivity index (χ3v) is 5.83. The summed E-state index contributed by atoms with van der Waals surface area (Å²) in [4.78, 5) is 15.2. The molecule has 2 heterocycles. The van der Waals surface area contributed by atoms with E-state index in [4.69, 9.17) is 0 Å². The largest absolute Gasteiger partial charge is 0.508 e. The summed E-state index contributed by atoms with van der Waals surface area (Å²) in [5.41, 5.74) is 3.08. The van der Waals surface area contributed by atoms with Crippen LogP contribution in [0.15, 0.2) is 59.7 Å². The molecule has 1 unspecified atom stereocenters. The summed E-state index contributed by atoms with van der Waals surface area (Å²) in [6.07, 6.45) is 2.81. The van der Waals surface area contributed by atoms with Gasteiger partial charge in [-0.05, 0) is 50.4 Å². The molecule has 5 heteroatoms. The molecule has 4 rings (SSSR count). The first-order chi connectivity index (χ1) is 13.6. The van der Waals surface area contributed by atoms with Crippen molar-refractivity contribution in [3.8, 4) is 5.75 Å². The molecule has 1 fully saturated rings. The highest BCUT2D eigenvalue weighted by atomic mass is 16.3. The molecule has 0 spiro atoms. The van der Waals surface area contributed by atoms with E-state index in [1.54, 1.807) is 17.1 Å². The summed E-state index contributed by atoms with van der Waals surface area (Å²) < 4.78 is 0. The first-order valence-corrected chi connectivity index (χ1v) is 10.0. The second-order valence-corrected chi connectivity index (χ2v) is 7.81. The summed E-state index contributed by atoms with van der Waals surface area (Å²) >= 11 is 0. The van der Waals surface area contributed by atoms with Gasteiger partial charge in [0.05, 0.1) is 12.6 Å². The highest BCUT2D eigenvalue weighted by molar-refractivity contribution is 5.89. The van der Waals surface area contributed by atoms with E-state index in [1.807, 2.05) is 19.1 Å². The van der Waals surface area contributed by atoms with E-state index in [-0.39, 0.29) is 17.7 Å². The van der Waals surface area contributed by atoms with Crippen LogP contribution in [-0.4, -0.2) is 46.3 Å². The minimum atomic E-state index is -0.212. The number of hydrazone groups is 1. The van der Waals surface area contributed by atoms with Crippen molar-refractivity contribution >= 4 is 11.6 Å². The number of para-hydroxylation sites is 1. The molecule has 1 saturated heterocycles. The Morgan fingerprint density at radius 1 is 1.07 bits per heavy atom. The molecule has 2 aliphatic heterocycles. The molecular formula is C23H27N3O2. The van der Waals surface area contributed by atoms with Crippen LogP contribution in [-0.2, 0) is 4.79 Å². The molecule has 0 aliphatic carbocycles. The number of benzene rings is 2. The lowest BCUT2D eigenvalue weighted by atomic mass is 9.89. The number of amides is 1. The van der Waals surface area contributed by atoms with E-state index < -0.39 is 0 Å². The SMILES string of the molecule is CC1=NN(C(=O)CN2CCC(c3ccccc3)CC2)C(c2ccccc2O)C1. The topological polar surface area (TPSA) is 56.1 Å². The molecule has 146 valence electrons. The van der Waals surface area contributed by atoms with Gasteiger partial charge in [-0.25, -0.2) is 5.01 Å². The fraction of sp³-hybridized carbons (Fsp3) is 0.391. The fourth-order valence-electron chi connectivity index (χ4n) is 4.31. The highest BCUT2D eigenvalue weighted by Crippen LogP contribution is 2.35. The van der Waals surface area contributed by atoms with Crippen LogP contribution in [0.5, 0.6) is 5.75 Å². The van der Waals surface area contributed by atoms with E-state index >= 15 is 0 Å².